The van der Waals surface area contributed by atoms with Gasteiger partial charge in [-0.1, -0.05) is 30.3 Å². The number of carboxylic acid groups (broad SMARTS) is 1. The van der Waals surface area contributed by atoms with Crippen LogP contribution in [0.25, 0.3) is 16.7 Å². The molecule has 1 unspecified atom stereocenters. The highest BCUT2D eigenvalue weighted by atomic mass is 19.4. The number of nitrogens with zero attached hydrogens (tertiary/aromatic N) is 3. The predicted molar refractivity (Wildman–Crippen MR) is 106 cm³/mol. The molecule has 9 heteroatoms. The van der Waals surface area contributed by atoms with Crippen LogP contribution in [0.3, 0.4) is 0 Å². The zero-order valence-electron chi connectivity index (χ0n) is 16.2. The molecular formula is C22H16F3N3O3. The average molecular weight is 427 g/mol. The van der Waals surface area contributed by atoms with Gasteiger partial charge in [0.25, 0.3) is 0 Å². The topological polar surface area (TPSA) is 77.2 Å². The fourth-order valence-electron chi connectivity index (χ4n) is 3.09. The molecular weight excluding hydrogens is 411 g/mol. The Kier molecular flexibility index (Phi) is 5.10. The van der Waals surface area contributed by atoms with Crippen LogP contribution in [0.4, 0.5) is 13.2 Å². The largest absolute Gasteiger partial charge is 0.478 e. The van der Waals surface area contributed by atoms with Crippen molar-refractivity contribution in [3.05, 3.63) is 83.4 Å². The summed E-state index contributed by atoms with van der Waals surface area (Å²) in [6, 6.07) is 16.1. The Morgan fingerprint density at radius 1 is 1.00 bits per heavy atom. The van der Waals surface area contributed by atoms with Crippen molar-refractivity contribution < 1.29 is 27.8 Å². The first kappa shape index (κ1) is 20.4. The number of benzene rings is 3. The Morgan fingerprint density at radius 2 is 1.61 bits per heavy atom. The van der Waals surface area contributed by atoms with E-state index in [0.717, 1.165) is 29.8 Å². The molecule has 0 fully saturated rings. The second kappa shape index (κ2) is 7.75. The van der Waals surface area contributed by atoms with E-state index in [4.69, 9.17) is 4.74 Å². The molecule has 0 spiro atoms. The van der Waals surface area contributed by atoms with E-state index in [1.54, 1.807) is 30.3 Å². The second-order valence-corrected chi connectivity index (χ2v) is 6.91. The Labute approximate surface area is 174 Å². The molecule has 0 amide bonds. The smallest absolute Gasteiger partial charge is 0.416 e. The van der Waals surface area contributed by atoms with Crippen molar-refractivity contribution in [2.45, 2.75) is 19.2 Å². The molecule has 31 heavy (non-hydrogen) atoms. The predicted octanol–water partition coefficient (Wildman–Crippen LogP) is 4.95. The molecule has 0 bridgehead atoms. The van der Waals surface area contributed by atoms with Gasteiger partial charge in [0.2, 0.25) is 6.10 Å². The molecule has 1 aromatic heterocycles. The number of ether oxygens (including phenoxy) is 1. The fraction of sp³-hybridized carbons (Fsp3) is 0.136. The Morgan fingerprint density at radius 3 is 2.16 bits per heavy atom. The van der Waals surface area contributed by atoms with Crippen molar-refractivity contribution in [2.24, 2.45) is 0 Å². The summed E-state index contributed by atoms with van der Waals surface area (Å²) in [4.78, 5) is 13.2. The number of carbonyl (C=O) groups is 1. The van der Waals surface area contributed by atoms with E-state index < -0.39 is 23.8 Å². The molecule has 0 aliphatic rings. The molecule has 6 nitrogen and oxygen atoms in total. The first-order valence-corrected chi connectivity index (χ1v) is 9.22. The minimum Gasteiger partial charge on any atom is -0.478 e. The molecule has 0 aliphatic heterocycles. The highest BCUT2D eigenvalue weighted by molar-refractivity contribution is 5.75. The van der Waals surface area contributed by atoms with Gasteiger partial charge >= 0.3 is 12.1 Å². The summed E-state index contributed by atoms with van der Waals surface area (Å²) in [5.74, 6) is -1.16. The summed E-state index contributed by atoms with van der Waals surface area (Å²) in [6.07, 6.45) is -6.04. The van der Waals surface area contributed by atoms with E-state index in [2.05, 4.69) is 10.2 Å². The number of hydrogen-bond donors (Lipinski definition) is 1. The van der Waals surface area contributed by atoms with Crippen molar-refractivity contribution >= 4 is 17.0 Å². The molecule has 158 valence electrons. The average Bonchev–Trinajstić information content (AvgIpc) is 3.16. The number of halogens is 3. The molecule has 0 saturated heterocycles. The highest BCUT2D eigenvalue weighted by Gasteiger charge is 2.31. The fourth-order valence-corrected chi connectivity index (χ4v) is 3.09. The lowest BCUT2D eigenvalue weighted by Gasteiger charge is -2.18. The third kappa shape index (κ3) is 4.20. The number of carboxylic acids is 1. The highest BCUT2D eigenvalue weighted by Crippen LogP contribution is 2.32. The Bertz CT molecular complexity index is 1220. The van der Waals surface area contributed by atoms with Crippen molar-refractivity contribution in [3.8, 4) is 11.4 Å². The van der Waals surface area contributed by atoms with Crippen LogP contribution in [-0.4, -0.2) is 26.1 Å². The molecule has 0 aliphatic carbocycles. The maximum absolute atomic E-state index is 12.8. The van der Waals surface area contributed by atoms with E-state index in [0.29, 0.717) is 16.7 Å². The number of hydrogen-bond acceptors (Lipinski definition) is 4. The molecule has 1 atom stereocenters. The van der Waals surface area contributed by atoms with Gasteiger partial charge in [0.05, 0.1) is 5.56 Å². The quantitative estimate of drug-likeness (QED) is 0.488. The third-order valence-corrected chi connectivity index (χ3v) is 4.63. The summed E-state index contributed by atoms with van der Waals surface area (Å²) in [7, 11) is 0. The Hall–Kier alpha value is -3.88. The minimum absolute atomic E-state index is 0.0746. The number of rotatable bonds is 5. The standard InChI is InChI=1S/C22H16F3N3O3/c1-13-6-11-19(18(12-13)28-26-16-4-2-3-5-17(16)27-28)31-20(21(29)30)14-7-9-15(10-8-14)22(23,24)25/h2-12,20H,1H3,(H,29,30). The van der Waals surface area contributed by atoms with Gasteiger partial charge in [-0.05, 0) is 48.9 Å². The van der Waals surface area contributed by atoms with Crippen molar-refractivity contribution in [1.82, 2.24) is 15.0 Å². The summed E-state index contributed by atoms with van der Waals surface area (Å²) in [6.45, 7) is 1.85. The van der Waals surface area contributed by atoms with Crippen LogP contribution in [0.5, 0.6) is 5.75 Å². The Balaban J connectivity index is 1.72. The van der Waals surface area contributed by atoms with E-state index in [-0.39, 0.29) is 11.3 Å². The molecule has 4 aromatic rings. The van der Waals surface area contributed by atoms with Crippen molar-refractivity contribution in [1.29, 1.82) is 0 Å². The number of aryl methyl sites for hydroxylation is 1. The van der Waals surface area contributed by atoms with Crippen LogP contribution in [0.15, 0.2) is 66.7 Å². The first-order chi connectivity index (χ1) is 14.7. The first-order valence-electron chi connectivity index (χ1n) is 9.22. The van der Waals surface area contributed by atoms with Crippen LogP contribution in [-0.2, 0) is 11.0 Å². The molecule has 0 saturated carbocycles. The number of aromatic nitrogens is 3. The van der Waals surface area contributed by atoms with Crippen LogP contribution < -0.4 is 4.74 Å². The van der Waals surface area contributed by atoms with Gasteiger partial charge in [0, 0.05) is 5.56 Å². The third-order valence-electron chi connectivity index (χ3n) is 4.63. The van der Waals surface area contributed by atoms with E-state index in [1.807, 2.05) is 19.1 Å². The summed E-state index contributed by atoms with van der Waals surface area (Å²) in [5.41, 5.74) is 1.77. The number of fused-ring (bicyclic) bond motifs is 1. The SMILES string of the molecule is Cc1ccc(OC(C(=O)O)c2ccc(C(F)(F)F)cc2)c(-n2nc3ccccc3n2)c1. The van der Waals surface area contributed by atoms with Crippen LogP contribution in [0.2, 0.25) is 0 Å². The summed E-state index contributed by atoms with van der Waals surface area (Å²) >= 11 is 0. The zero-order valence-corrected chi connectivity index (χ0v) is 16.2. The van der Waals surface area contributed by atoms with Gasteiger partial charge in [-0.25, -0.2) is 4.79 Å². The van der Waals surface area contributed by atoms with Gasteiger partial charge in [-0.2, -0.15) is 13.2 Å². The number of alkyl halides is 3. The zero-order chi connectivity index (χ0) is 22.2. The molecule has 1 heterocycles. The van der Waals surface area contributed by atoms with Crippen molar-refractivity contribution in [2.75, 3.05) is 0 Å². The van der Waals surface area contributed by atoms with E-state index in [1.165, 1.54) is 4.80 Å². The molecule has 3 aromatic carbocycles. The summed E-state index contributed by atoms with van der Waals surface area (Å²) < 4.78 is 44.2. The maximum atomic E-state index is 12.8. The van der Waals surface area contributed by atoms with Gasteiger partial charge in [0.15, 0.2) is 0 Å². The summed E-state index contributed by atoms with van der Waals surface area (Å²) in [5, 5.41) is 18.5. The molecule has 1 N–H and O–H groups in total. The van der Waals surface area contributed by atoms with E-state index >= 15 is 0 Å². The van der Waals surface area contributed by atoms with Gasteiger partial charge in [-0.3, -0.25) is 0 Å². The normalized spacial score (nSPS) is 12.6. The van der Waals surface area contributed by atoms with Crippen molar-refractivity contribution in [3.63, 3.8) is 0 Å². The second-order valence-electron chi connectivity index (χ2n) is 6.91. The van der Waals surface area contributed by atoms with Crippen LogP contribution in [0, 0.1) is 6.92 Å². The minimum atomic E-state index is -4.52. The van der Waals surface area contributed by atoms with Gasteiger partial charge in [0.1, 0.15) is 22.5 Å². The number of aliphatic carboxylic acids is 1. The lowest BCUT2D eigenvalue weighted by Crippen LogP contribution is -2.19. The lowest BCUT2D eigenvalue weighted by molar-refractivity contribution is -0.145. The molecule has 4 rings (SSSR count). The van der Waals surface area contributed by atoms with Gasteiger partial charge in [-0.15, -0.1) is 15.0 Å². The molecule has 0 radical (unpaired) electrons. The van der Waals surface area contributed by atoms with Gasteiger partial charge < -0.3 is 9.84 Å². The van der Waals surface area contributed by atoms with Crippen LogP contribution in [0.1, 0.15) is 22.8 Å². The van der Waals surface area contributed by atoms with E-state index in [9.17, 15) is 23.1 Å². The monoisotopic (exact) mass is 427 g/mol. The lowest BCUT2D eigenvalue weighted by atomic mass is 10.1. The van der Waals surface area contributed by atoms with Crippen LogP contribution >= 0.6 is 0 Å². The maximum Gasteiger partial charge on any atom is 0.416 e.